The molecule has 9 N–H and O–H groups in total. The third-order valence-corrected chi connectivity index (χ3v) is 6.70. The molecule has 4 atom stereocenters. The van der Waals surface area contributed by atoms with E-state index in [1.807, 2.05) is 0 Å². The highest BCUT2D eigenvalue weighted by atomic mass is 31.2. The van der Waals surface area contributed by atoms with Crippen LogP contribution in [-0.4, -0.2) is 86.3 Å². The quantitative estimate of drug-likeness (QED) is 0.156. The molecular weight excluding hydrogens is 590 g/mol. The van der Waals surface area contributed by atoms with Crippen LogP contribution in [-0.2, 0) is 23.1 Å². The number of phosphoric acid groups is 1. The standard InChI is InChI=1S/C10H14N5O5P.C9H14N3O5P.CH4O/c11-9-8-10(13-4-12-9)15(5-14-8)7-2-1-6(20-7)3-19-21(16,17)18;10-7-3-4-12(9(13)11-7)8-2-1-6(17-8)5-16-18(14)15;1-2/h4-7H,1-3H2,(H2,11,12,13)(H2,16,17,18);3-4,6,8,14-15H,1-2,5H2,(H2,10,11,13);2H,1H3. The molecule has 0 amide bonds. The first kappa shape index (κ1) is 32.8. The van der Waals surface area contributed by atoms with Crippen molar-refractivity contribution in [2.24, 2.45) is 0 Å². The minimum Gasteiger partial charge on any atom is -0.400 e. The highest BCUT2D eigenvalue weighted by Gasteiger charge is 2.30. The van der Waals surface area contributed by atoms with Gasteiger partial charge in [-0.2, -0.15) is 4.98 Å². The fraction of sp³-hybridized carbons (Fsp3) is 0.550. The Labute approximate surface area is 233 Å². The molecule has 0 aromatic carbocycles. The van der Waals surface area contributed by atoms with Crippen molar-refractivity contribution in [2.45, 2.75) is 50.3 Å². The van der Waals surface area contributed by atoms with Gasteiger partial charge in [0.2, 0.25) is 0 Å². The van der Waals surface area contributed by atoms with Gasteiger partial charge in [-0.25, -0.2) is 24.3 Å². The molecule has 5 rings (SSSR count). The Kier molecular flexibility index (Phi) is 12.0. The lowest BCUT2D eigenvalue weighted by atomic mass is 10.2. The van der Waals surface area contributed by atoms with Crippen LogP contribution >= 0.6 is 16.4 Å². The van der Waals surface area contributed by atoms with Crippen LogP contribution in [0.1, 0.15) is 38.1 Å². The number of nitrogens with two attached hydrogens (primary N) is 2. The van der Waals surface area contributed by atoms with Crippen LogP contribution in [0.3, 0.4) is 0 Å². The van der Waals surface area contributed by atoms with Crippen LogP contribution in [0.5, 0.6) is 0 Å². The summed E-state index contributed by atoms with van der Waals surface area (Å²) >= 11 is 0. The van der Waals surface area contributed by atoms with Crippen LogP contribution in [0.4, 0.5) is 11.6 Å². The molecule has 19 nitrogen and oxygen atoms in total. The molecule has 0 spiro atoms. The van der Waals surface area contributed by atoms with Crippen molar-refractivity contribution >= 4 is 39.2 Å². The molecule has 228 valence electrons. The van der Waals surface area contributed by atoms with E-state index in [1.54, 1.807) is 10.9 Å². The second-order valence-corrected chi connectivity index (χ2v) is 10.5. The van der Waals surface area contributed by atoms with Crippen molar-refractivity contribution in [3.63, 3.8) is 0 Å². The lowest BCUT2D eigenvalue weighted by Gasteiger charge is -2.15. The number of ether oxygens (including phenoxy) is 2. The maximum Gasteiger partial charge on any atom is 0.469 e. The number of hydrogen-bond acceptors (Lipinski definition) is 15. The van der Waals surface area contributed by atoms with Gasteiger partial charge in [0, 0.05) is 13.3 Å². The zero-order valence-corrected chi connectivity index (χ0v) is 23.6. The van der Waals surface area contributed by atoms with Crippen molar-refractivity contribution in [2.75, 3.05) is 31.8 Å². The molecule has 2 saturated heterocycles. The normalized spacial score (nSPS) is 22.3. The Bertz CT molecular complexity index is 1370. The molecule has 2 aliphatic heterocycles. The van der Waals surface area contributed by atoms with Gasteiger partial charge in [-0.15, -0.1) is 0 Å². The first-order valence-corrected chi connectivity index (χ1v) is 14.7. The molecule has 41 heavy (non-hydrogen) atoms. The summed E-state index contributed by atoms with van der Waals surface area (Å²) in [5.41, 5.74) is 11.7. The van der Waals surface area contributed by atoms with Crippen molar-refractivity contribution in [3.05, 3.63) is 35.4 Å². The Hall–Kier alpha value is -2.67. The zero-order chi connectivity index (χ0) is 30.2. The minimum absolute atomic E-state index is 0.0896. The molecule has 4 unspecified atom stereocenters. The van der Waals surface area contributed by atoms with Gasteiger partial charge >= 0.3 is 22.1 Å². The van der Waals surface area contributed by atoms with Gasteiger partial charge in [0.1, 0.15) is 30.1 Å². The number of nitrogens with zero attached hydrogens (tertiary/aromatic N) is 6. The molecule has 0 aliphatic carbocycles. The molecule has 3 aromatic heterocycles. The molecule has 3 aromatic rings. The molecule has 0 bridgehead atoms. The van der Waals surface area contributed by atoms with Gasteiger partial charge < -0.3 is 50.1 Å². The lowest BCUT2D eigenvalue weighted by molar-refractivity contribution is -0.0215. The van der Waals surface area contributed by atoms with E-state index in [0.29, 0.717) is 36.8 Å². The van der Waals surface area contributed by atoms with E-state index < -0.39 is 28.3 Å². The zero-order valence-electron chi connectivity index (χ0n) is 21.8. The number of aliphatic hydroxyl groups is 1. The van der Waals surface area contributed by atoms with E-state index >= 15 is 0 Å². The number of anilines is 2. The summed E-state index contributed by atoms with van der Waals surface area (Å²) in [5.74, 6) is 0.457. The monoisotopic (exact) mass is 622 g/mol. The molecule has 21 heteroatoms. The Morgan fingerprint density at radius 3 is 2.27 bits per heavy atom. The smallest absolute Gasteiger partial charge is 0.400 e. The third-order valence-electron chi connectivity index (χ3n) is 5.83. The molecule has 5 heterocycles. The van der Waals surface area contributed by atoms with Crippen molar-refractivity contribution in [3.8, 4) is 0 Å². The van der Waals surface area contributed by atoms with Crippen LogP contribution in [0, 0.1) is 0 Å². The van der Waals surface area contributed by atoms with Crippen LogP contribution < -0.4 is 17.2 Å². The first-order valence-electron chi connectivity index (χ1n) is 12.0. The van der Waals surface area contributed by atoms with Crippen LogP contribution in [0.15, 0.2) is 29.7 Å². The fourth-order valence-electron chi connectivity index (χ4n) is 4.08. The number of fused-ring (bicyclic) bond motifs is 1. The second kappa shape index (κ2) is 15.0. The van der Waals surface area contributed by atoms with E-state index in [-0.39, 0.29) is 43.3 Å². The number of aliphatic hydroxyl groups excluding tert-OH is 1. The predicted octanol–water partition coefficient (Wildman–Crippen LogP) is -0.465. The van der Waals surface area contributed by atoms with Crippen LogP contribution in [0.2, 0.25) is 0 Å². The number of nitrogen functional groups attached to an aromatic ring is 2. The number of phosphoric ester groups is 1. The van der Waals surface area contributed by atoms with Crippen LogP contribution in [0.25, 0.3) is 11.2 Å². The minimum atomic E-state index is -4.48. The Morgan fingerprint density at radius 2 is 1.66 bits per heavy atom. The topological polar surface area (TPSA) is 286 Å². The van der Waals surface area contributed by atoms with Gasteiger partial charge in [0.15, 0.2) is 11.5 Å². The average molecular weight is 622 g/mol. The maximum absolute atomic E-state index is 11.6. The summed E-state index contributed by atoms with van der Waals surface area (Å²) in [5, 5.41) is 7.00. The summed E-state index contributed by atoms with van der Waals surface area (Å²) in [6.07, 6.45) is 5.63. The van der Waals surface area contributed by atoms with Gasteiger partial charge in [0.25, 0.3) is 0 Å². The third kappa shape index (κ3) is 9.42. The summed E-state index contributed by atoms with van der Waals surface area (Å²) in [4.78, 5) is 62.0. The van der Waals surface area contributed by atoms with Gasteiger partial charge in [-0.05, 0) is 31.7 Å². The molecule has 0 radical (unpaired) electrons. The van der Waals surface area contributed by atoms with E-state index in [2.05, 4.69) is 29.0 Å². The lowest BCUT2D eigenvalue weighted by Crippen LogP contribution is -2.27. The Balaban J connectivity index is 0.000000215. The molecular formula is C20H32N8O11P2. The van der Waals surface area contributed by atoms with E-state index in [0.717, 1.165) is 7.11 Å². The predicted molar refractivity (Wildman–Crippen MR) is 142 cm³/mol. The number of aromatic nitrogens is 6. The maximum atomic E-state index is 11.6. The van der Waals surface area contributed by atoms with Crippen molar-refractivity contribution < 1.29 is 47.8 Å². The molecule has 0 saturated carbocycles. The van der Waals surface area contributed by atoms with E-state index in [9.17, 15) is 9.36 Å². The second-order valence-electron chi connectivity index (χ2n) is 8.54. The molecule has 2 aliphatic rings. The summed E-state index contributed by atoms with van der Waals surface area (Å²) < 4.78 is 34.2. The average Bonchev–Trinajstić information content (AvgIpc) is 3.67. The first-order chi connectivity index (χ1) is 19.5. The Morgan fingerprint density at radius 1 is 1.02 bits per heavy atom. The molecule has 2 fully saturated rings. The number of hydrogen-bond donors (Lipinski definition) is 7. The SMILES string of the molecule is CO.Nc1ccn(C2CCC(COP(O)O)O2)c(=O)n1.Nc1ncnc2c1ncn2C1CCC(COP(=O)(O)O)O1. The number of imidazole rings is 1. The highest BCUT2D eigenvalue weighted by molar-refractivity contribution is 7.46. The van der Waals surface area contributed by atoms with E-state index in [1.165, 1.54) is 23.2 Å². The summed E-state index contributed by atoms with van der Waals surface area (Å²) in [6, 6.07) is 1.52. The van der Waals surface area contributed by atoms with E-state index in [4.69, 9.17) is 45.6 Å². The summed E-state index contributed by atoms with van der Waals surface area (Å²) in [7, 11) is -5.85. The fourth-order valence-corrected chi connectivity index (χ4v) is 4.74. The van der Waals surface area contributed by atoms with Gasteiger partial charge in [-0.3, -0.25) is 13.7 Å². The largest absolute Gasteiger partial charge is 0.469 e. The van der Waals surface area contributed by atoms with Gasteiger partial charge in [0.05, 0.1) is 31.7 Å². The van der Waals surface area contributed by atoms with Crippen molar-refractivity contribution in [1.82, 2.24) is 29.1 Å². The van der Waals surface area contributed by atoms with Gasteiger partial charge in [-0.1, -0.05) is 0 Å². The number of rotatable bonds is 8. The highest BCUT2D eigenvalue weighted by Crippen LogP contribution is 2.38. The van der Waals surface area contributed by atoms with Crippen molar-refractivity contribution in [1.29, 1.82) is 0 Å². The summed E-state index contributed by atoms with van der Waals surface area (Å²) in [6.45, 7) is -0.0725.